The Balaban J connectivity index is 1.41. The number of benzene rings is 1. The van der Waals surface area contributed by atoms with Crippen LogP contribution in [0.15, 0.2) is 55.0 Å². The second kappa shape index (κ2) is 8.34. The number of hydrogen-bond donors (Lipinski definition) is 1. The summed E-state index contributed by atoms with van der Waals surface area (Å²) in [5.41, 5.74) is -0.0672. The Kier molecular flexibility index (Phi) is 5.45. The molecule has 1 aliphatic carbocycles. The standard InChI is InChI=1S/C24H21F4N5O/c1-13-14-9-19(32-22-18(25)11-15(12-31-22)24(26,27)28)20(10-14)33(13)23(34)17-6-3-2-5-16(17)21-29-7-4-8-30-21/h2-8,11-14,19-20H,9-10H2,1H3,(H,31,32)/t13-,14-,19-,20+/m1/s1. The van der Waals surface area contributed by atoms with E-state index in [0.29, 0.717) is 35.6 Å². The van der Waals surface area contributed by atoms with Crippen molar-refractivity contribution in [1.29, 1.82) is 0 Å². The van der Waals surface area contributed by atoms with Gasteiger partial charge in [-0.1, -0.05) is 18.2 Å². The zero-order valence-electron chi connectivity index (χ0n) is 18.1. The molecule has 10 heteroatoms. The third-order valence-corrected chi connectivity index (χ3v) is 6.73. The van der Waals surface area contributed by atoms with Crippen molar-refractivity contribution in [3.63, 3.8) is 0 Å². The van der Waals surface area contributed by atoms with E-state index in [1.165, 1.54) is 0 Å². The Hall–Kier alpha value is -3.56. The fourth-order valence-corrected chi connectivity index (χ4v) is 5.09. The molecule has 0 unspecified atom stereocenters. The first-order valence-corrected chi connectivity index (χ1v) is 10.9. The number of nitrogens with zero attached hydrogens (tertiary/aromatic N) is 4. The van der Waals surface area contributed by atoms with E-state index >= 15 is 0 Å². The van der Waals surface area contributed by atoms with Crippen LogP contribution < -0.4 is 5.32 Å². The van der Waals surface area contributed by atoms with Gasteiger partial charge < -0.3 is 10.2 Å². The maximum atomic E-state index is 14.4. The molecule has 0 spiro atoms. The highest BCUT2D eigenvalue weighted by molar-refractivity contribution is 6.00. The predicted molar refractivity (Wildman–Crippen MR) is 116 cm³/mol. The molecule has 1 saturated carbocycles. The molecule has 6 nitrogen and oxygen atoms in total. The van der Waals surface area contributed by atoms with Crippen LogP contribution in [0.4, 0.5) is 23.4 Å². The number of fused-ring (bicyclic) bond motifs is 2. The summed E-state index contributed by atoms with van der Waals surface area (Å²) < 4.78 is 52.9. The number of rotatable bonds is 4. The topological polar surface area (TPSA) is 71.0 Å². The fraction of sp³-hybridized carbons (Fsp3) is 0.333. The van der Waals surface area contributed by atoms with Crippen LogP contribution in [0, 0.1) is 11.7 Å². The van der Waals surface area contributed by atoms with Gasteiger partial charge >= 0.3 is 6.18 Å². The largest absolute Gasteiger partial charge is 0.417 e. The second-order valence-corrected chi connectivity index (χ2v) is 8.67. The van der Waals surface area contributed by atoms with Crippen molar-refractivity contribution in [2.24, 2.45) is 5.92 Å². The molecule has 4 atom stereocenters. The molecule has 176 valence electrons. The van der Waals surface area contributed by atoms with Gasteiger partial charge in [0.1, 0.15) is 0 Å². The molecule has 34 heavy (non-hydrogen) atoms. The quantitative estimate of drug-likeness (QED) is 0.554. The van der Waals surface area contributed by atoms with E-state index in [2.05, 4.69) is 20.3 Å². The van der Waals surface area contributed by atoms with E-state index in [1.807, 2.05) is 13.0 Å². The summed E-state index contributed by atoms with van der Waals surface area (Å²) in [6.07, 6.45) is 0.538. The molecule has 1 saturated heterocycles. The van der Waals surface area contributed by atoms with Crippen LogP contribution in [0.3, 0.4) is 0 Å². The SMILES string of the molecule is C[C@@H]1[C@@H]2C[C@@H](Nc3ncc(C(F)(F)F)cc3F)[C@H](C2)N1C(=O)c1ccccc1-c1ncccn1. The van der Waals surface area contributed by atoms with Gasteiger partial charge in [-0.2, -0.15) is 13.2 Å². The zero-order valence-corrected chi connectivity index (χ0v) is 18.1. The Morgan fingerprint density at radius 1 is 1.09 bits per heavy atom. The van der Waals surface area contributed by atoms with Crippen LogP contribution in [0.5, 0.6) is 0 Å². The van der Waals surface area contributed by atoms with Crippen LogP contribution >= 0.6 is 0 Å². The monoisotopic (exact) mass is 471 g/mol. The minimum absolute atomic E-state index is 0.0364. The molecule has 2 bridgehead atoms. The third-order valence-electron chi connectivity index (χ3n) is 6.73. The van der Waals surface area contributed by atoms with E-state index < -0.39 is 17.6 Å². The lowest BCUT2D eigenvalue weighted by Gasteiger charge is -2.38. The molecule has 0 radical (unpaired) electrons. The predicted octanol–water partition coefficient (Wildman–Crippen LogP) is 4.80. The minimum Gasteiger partial charge on any atom is -0.363 e. The molecule has 2 aromatic heterocycles. The van der Waals surface area contributed by atoms with Gasteiger partial charge in [0.25, 0.3) is 5.91 Å². The number of amides is 1. The number of pyridine rings is 1. The van der Waals surface area contributed by atoms with Gasteiger partial charge in [0.15, 0.2) is 17.5 Å². The number of carbonyl (C=O) groups is 1. The Morgan fingerprint density at radius 2 is 1.82 bits per heavy atom. The summed E-state index contributed by atoms with van der Waals surface area (Å²) >= 11 is 0. The average molecular weight is 471 g/mol. The van der Waals surface area contributed by atoms with Crippen LogP contribution in [0.25, 0.3) is 11.4 Å². The maximum absolute atomic E-state index is 14.4. The maximum Gasteiger partial charge on any atom is 0.417 e. The number of anilines is 1. The van der Waals surface area contributed by atoms with Crippen molar-refractivity contribution >= 4 is 11.7 Å². The van der Waals surface area contributed by atoms with Crippen LogP contribution in [-0.2, 0) is 6.18 Å². The van der Waals surface area contributed by atoms with Crippen molar-refractivity contribution in [2.75, 3.05) is 5.32 Å². The summed E-state index contributed by atoms with van der Waals surface area (Å²) in [4.78, 5) is 27.7. The molecular weight excluding hydrogens is 450 g/mol. The molecule has 1 N–H and O–H groups in total. The van der Waals surface area contributed by atoms with Crippen molar-refractivity contribution in [2.45, 2.75) is 44.1 Å². The molecule has 3 aromatic rings. The molecular formula is C24H21F4N5O. The fourth-order valence-electron chi connectivity index (χ4n) is 5.09. The number of aromatic nitrogens is 3. The summed E-state index contributed by atoms with van der Waals surface area (Å²) in [7, 11) is 0. The van der Waals surface area contributed by atoms with Crippen molar-refractivity contribution in [1.82, 2.24) is 19.9 Å². The summed E-state index contributed by atoms with van der Waals surface area (Å²) in [5.74, 6) is -0.882. The molecule has 2 fully saturated rings. The lowest BCUT2D eigenvalue weighted by molar-refractivity contribution is -0.138. The lowest BCUT2D eigenvalue weighted by atomic mass is 9.96. The van der Waals surface area contributed by atoms with E-state index in [4.69, 9.17) is 0 Å². The first kappa shape index (κ1) is 22.2. The first-order chi connectivity index (χ1) is 16.2. The van der Waals surface area contributed by atoms with Gasteiger partial charge in [-0.05, 0) is 43.9 Å². The summed E-state index contributed by atoms with van der Waals surface area (Å²) in [6, 6.07) is 8.62. The Bertz CT molecular complexity index is 1220. The van der Waals surface area contributed by atoms with Crippen LogP contribution in [0.2, 0.25) is 0 Å². The van der Waals surface area contributed by atoms with Gasteiger partial charge in [-0.3, -0.25) is 4.79 Å². The summed E-state index contributed by atoms with van der Waals surface area (Å²) in [5, 5.41) is 2.95. The zero-order chi connectivity index (χ0) is 24.0. The molecule has 3 heterocycles. The van der Waals surface area contributed by atoms with Crippen molar-refractivity contribution < 1.29 is 22.4 Å². The smallest absolute Gasteiger partial charge is 0.363 e. The van der Waals surface area contributed by atoms with Crippen molar-refractivity contribution in [3.05, 3.63) is 71.9 Å². The van der Waals surface area contributed by atoms with Gasteiger partial charge in [-0.25, -0.2) is 19.3 Å². The molecule has 5 rings (SSSR count). The normalized spacial score (nSPS) is 23.9. The lowest BCUT2D eigenvalue weighted by Crippen LogP contribution is -2.51. The minimum atomic E-state index is -4.67. The highest BCUT2D eigenvalue weighted by atomic mass is 19.4. The Labute approximate surface area is 193 Å². The number of likely N-dealkylation sites (tertiary alicyclic amines) is 1. The van der Waals surface area contributed by atoms with Gasteiger partial charge in [-0.15, -0.1) is 0 Å². The highest BCUT2D eigenvalue weighted by Crippen LogP contribution is 2.45. The number of piperidine rings is 1. The van der Waals surface area contributed by atoms with E-state index in [-0.39, 0.29) is 35.8 Å². The number of alkyl halides is 3. The van der Waals surface area contributed by atoms with E-state index in [1.54, 1.807) is 41.6 Å². The number of halogens is 4. The number of hydrogen-bond acceptors (Lipinski definition) is 5. The molecule has 1 aromatic carbocycles. The van der Waals surface area contributed by atoms with Crippen LogP contribution in [-0.4, -0.2) is 43.9 Å². The molecule has 1 amide bonds. The van der Waals surface area contributed by atoms with E-state index in [9.17, 15) is 22.4 Å². The van der Waals surface area contributed by atoms with Gasteiger partial charge in [0.05, 0.1) is 17.2 Å². The molecule has 1 aliphatic heterocycles. The van der Waals surface area contributed by atoms with Crippen LogP contribution in [0.1, 0.15) is 35.7 Å². The third kappa shape index (κ3) is 3.86. The highest BCUT2D eigenvalue weighted by Gasteiger charge is 2.52. The summed E-state index contributed by atoms with van der Waals surface area (Å²) in [6.45, 7) is 1.98. The van der Waals surface area contributed by atoms with E-state index in [0.717, 1.165) is 6.42 Å². The van der Waals surface area contributed by atoms with Gasteiger partial charge in [0, 0.05) is 36.2 Å². The number of carbonyl (C=O) groups excluding carboxylic acids is 1. The average Bonchev–Trinajstić information content (AvgIpc) is 3.37. The number of nitrogens with one attached hydrogen (secondary N) is 1. The van der Waals surface area contributed by atoms with Gasteiger partial charge in [0.2, 0.25) is 0 Å². The van der Waals surface area contributed by atoms with Crippen molar-refractivity contribution in [3.8, 4) is 11.4 Å². The first-order valence-electron chi connectivity index (χ1n) is 10.9. The second-order valence-electron chi connectivity index (χ2n) is 8.67. The molecule has 2 aliphatic rings. The Morgan fingerprint density at radius 3 is 2.50 bits per heavy atom.